The number of nitrogens with zero attached hydrogens (tertiary/aromatic N) is 1. The van der Waals surface area contributed by atoms with Gasteiger partial charge in [-0.25, -0.2) is 4.79 Å². The second-order valence-electron chi connectivity index (χ2n) is 1.96. The van der Waals surface area contributed by atoms with Crippen molar-refractivity contribution in [1.82, 2.24) is 5.32 Å². The van der Waals surface area contributed by atoms with Gasteiger partial charge in [0.2, 0.25) is 0 Å². The number of carbonyl (C=O) groups is 1. The summed E-state index contributed by atoms with van der Waals surface area (Å²) >= 11 is 0. The highest BCUT2D eigenvalue weighted by Gasteiger charge is 2.20. The van der Waals surface area contributed by atoms with E-state index in [0.717, 1.165) is 0 Å². The van der Waals surface area contributed by atoms with E-state index in [-0.39, 0.29) is 0 Å². The topological polar surface area (TPSA) is 61.7 Å². The minimum Gasteiger partial charge on any atom is -0.480 e. The zero-order chi connectivity index (χ0) is 6.85. The van der Waals surface area contributed by atoms with E-state index in [9.17, 15) is 4.79 Å². The predicted octanol–water partition coefficient (Wildman–Crippen LogP) is -0.539. The summed E-state index contributed by atoms with van der Waals surface area (Å²) in [6.07, 6.45) is 0. The summed E-state index contributed by atoms with van der Waals surface area (Å²) in [5.41, 5.74) is 0. The number of rotatable bonds is 1. The molecule has 0 spiro atoms. The van der Waals surface area contributed by atoms with Crippen LogP contribution < -0.4 is 5.32 Å². The molecule has 4 nitrogen and oxygen atoms in total. The maximum absolute atomic E-state index is 10.2. The van der Waals surface area contributed by atoms with Gasteiger partial charge in [0.1, 0.15) is 6.04 Å². The lowest BCUT2D eigenvalue weighted by atomic mass is 10.3. The van der Waals surface area contributed by atoms with Crippen LogP contribution in [0, 0.1) is 0 Å². The Balaban J connectivity index is 2.47. The summed E-state index contributed by atoms with van der Waals surface area (Å²) < 4.78 is 0. The van der Waals surface area contributed by atoms with E-state index in [1.807, 2.05) is 0 Å². The van der Waals surface area contributed by atoms with Gasteiger partial charge in [0.05, 0.1) is 12.4 Å². The van der Waals surface area contributed by atoms with Crippen molar-refractivity contribution in [2.24, 2.45) is 4.99 Å². The number of hydrogen-bond donors (Lipinski definition) is 2. The van der Waals surface area contributed by atoms with Crippen LogP contribution >= 0.6 is 0 Å². The lowest BCUT2D eigenvalue weighted by Crippen LogP contribution is -2.35. The van der Waals surface area contributed by atoms with E-state index in [2.05, 4.69) is 10.3 Å². The number of aliphatic imine (C=N–C) groups is 1. The van der Waals surface area contributed by atoms with Crippen molar-refractivity contribution in [3.05, 3.63) is 0 Å². The van der Waals surface area contributed by atoms with Gasteiger partial charge in [-0.3, -0.25) is 4.99 Å². The van der Waals surface area contributed by atoms with Gasteiger partial charge in [-0.05, 0) is 6.92 Å². The first kappa shape index (κ1) is 6.07. The fraction of sp³-hybridized carbons (Fsp3) is 0.600. The number of aliphatic carboxylic acids is 1. The van der Waals surface area contributed by atoms with Crippen molar-refractivity contribution in [3.8, 4) is 0 Å². The van der Waals surface area contributed by atoms with Crippen LogP contribution in [-0.4, -0.2) is 29.5 Å². The predicted molar refractivity (Wildman–Crippen MR) is 32.5 cm³/mol. The molecular weight excluding hydrogens is 120 g/mol. The SMILES string of the molecule is CC1=NC[C@H](C(=O)O)N1. The van der Waals surface area contributed by atoms with Gasteiger partial charge < -0.3 is 10.4 Å². The second kappa shape index (κ2) is 2.05. The zero-order valence-corrected chi connectivity index (χ0v) is 5.09. The summed E-state index contributed by atoms with van der Waals surface area (Å²) in [6.45, 7) is 2.12. The van der Waals surface area contributed by atoms with Crippen molar-refractivity contribution >= 4 is 11.8 Å². The molecule has 1 aliphatic rings. The molecule has 1 rings (SSSR count). The molecule has 0 amide bonds. The zero-order valence-electron chi connectivity index (χ0n) is 5.09. The largest absolute Gasteiger partial charge is 0.480 e. The van der Waals surface area contributed by atoms with E-state index < -0.39 is 12.0 Å². The maximum Gasteiger partial charge on any atom is 0.328 e. The molecule has 0 fully saturated rings. The summed E-state index contributed by atoms with van der Waals surface area (Å²) in [4.78, 5) is 14.1. The first-order chi connectivity index (χ1) is 4.20. The average Bonchev–Trinajstić information content (AvgIpc) is 2.14. The van der Waals surface area contributed by atoms with Crippen LogP contribution in [0.2, 0.25) is 0 Å². The molecule has 0 radical (unpaired) electrons. The lowest BCUT2D eigenvalue weighted by molar-refractivity contribution is -0.138. The molecule has 0 saturated carbocycles. The third-order valence-corrected chi connectivity index (χ3v) is 1.19. The number of amidine groups is 1. The average molecular weight is 128 g/mol. The first-order valence-electron chi connectivity index (χ1n) is 2.70. The molecular formula is C5H8N2O2. The minimum absolute atomic E-state index is 0.362. The van der Waals surface area contributed by atoms with Gasteiger partial charge in [-0.15, -0.1) is 0 Å². The van der Waals surface area contributed by atoms with Gasteiger partial charge in [0, 0.05) is 0 Å². The molecule has 0 saturated heterocycles. The quantitative estimate of drug-likeness (QED) is 0.498. The van der Waals surface area contributed by atoms with Crippen molar-refractivity contribution in [1.29, 1.82) is 0 Å². The number of hydrogen-bond acceptors (Lipinski definition) is 3. The van der Waals surface area contributed by atoms with Crippen LogP contribution in [0.3, 0.4) is 0 Å². The molecule has 1 aliphatic heterocycles. The highest BCUT2D eigenvalue weighted by Crippen LogP contribution is 1.94. The number of nitrogens with one attached hydrogen (secondary N) is 1. The van der Waals surface area contributed by atoms with E-state index >= 15 is 0 Å². The molecule has 50 valence electrons. The van der Waals surface area contributed by atoms with E-state index in [1.165, 1.54) is 0 Å². The van der Waals surface area contributed by atoms with Gasteiger partial charge in [-0.2, -0.15) is 0 Å². The highest BCUT2D eigenvalue weighted by atomic mass is 16.4. The van der Waals surface area contributed by atoms with Gasteiger partial charge >= 0.3 is 5.97 Å². The fourth-order valence-corrected chi connectivity index (χ4v) is 0.711. The van der Waals surface area contributed by atoms with Gasteiger partial charge in [-0.1, -0.05) is 0 Å². The normalized spacial score (nSPS) is 25.0. The van der Waals surface area contributed by atoms with Crippen LogP contribution in [0.1, 0.15) is 6.92 Å². The van der Waals surface area contributed by atoms with E-state index in [1.54, 1.807) is 6.92 Å². The fourth-order valence-electron chi connectivity index (χ4n) is 0.711. The highest BCUT2D eigenvalue weighted by molar-refractivity contribution is 5.88. The molecule has 9 heavy (non-hydrogen) atoms. The van der Waals surface area contributed by atoms with Gasteiger partial charge in [0.25, 0.3) is 0 Å². The van der Waals surface area contributed by atoms with E-state index in [0.29, 0.717) is 12.4 Å². The summed E-state index contributed by atoms with van der Waals surface area (Å²) in [5, 5.41) is 11.1. The van der Waals surface area contributed by atoms with Crippen LogP contribution in [0.15, 0.2) is 4.99 Å². The Labute approximate surface area is 52.6 Å². The molecule has 1 atom stereocenters. The molecule has 0 bridgehead atoms. The van der Waals surface area contributed by atoms with Crippen molar-refractivity contribution in [2.45, 2.75) is 13.0 Å². The Bertz CT molecular complexity index is 164. The minimum atomic E-state index is -0.837. The van der Waals surface area contributed by atoms with Crippen LogP contribution in [0.25, 0.3) is 0 Å². The van der Waals surface area contributed by atoms with Crippen molar-refractivity contribution in [2.75, 3.05) is 6.54 Å². The molecule has 2 N–H and O–H groups in total. The standard InChI is InChI=1S/C5H8N2O2/c1-3-6-2-4(7-3)5(8)9/h4H,2H2,1H3,(H,6,7)(H,8,9)/t4-/m1/s1. The molecule has 1 heterocycles. The first-order valence-corrected chi connectivity index (χ1v) is 2.70. The maximum atomic E-state index is 10.2. The van der Waals surface area contributed by atoms with Crippen molar-refractivity contribution in [3.63, 3.8) is 0 Å². The molecule has 4 heteroatoms. The summed E-state index contributed by atoms with van der Waals surface area (Å²) in [6, 6.07) is -0.495. The Morgan fingerprint density at radius 3 is 2.89 bits per heavy atom. The van der Waals surface area contributed by atoms with Crippen molar-refractivity contribution < 1.29 is 9.90 Å². The third kappa shape index (κ3) is 1.19. The third-order valence-electron chi connectivity index (χ3n) is 1.19. The molecule has 0 aliphatic carbocycles. The Morgan fingerprint density at radius 2 is 2.67 bits per heavy atom. The lowest BCUT2D eigenvalue weighted by Gasteiger charge is -2.01. The Hall–Kier alpha value is -1.06. The molecule has 0 aromatic rings. The van der Waals surface area contributed by atoms with Crippen LogP contribution in [-0.2, 0) is 4.79 Å². The number of carboxylic acids is 1. The summed E-state index contributed by atoms with van der Waals surface area (Å²) in [7, 11) is 0. The molecule has 0 unspecified atom stereocenters. The van der Waals surface area contributed by atoms with Crippen LogP contribution in [0.4, 0.5) is 0 Å². The monoisotopic (exact) mass is 128 g/mol. The number of carboxylic acid groups (broad SMARTS) is 1. The van der Waals surface area contributed by atoms with Crippen LogP contribution in [0.5, 0.6) is 0 Å². The second-order valence-corrected chi connectivity index (χ2v) is 1.96. The molecule has 0 aromatic heterocycles. The summed E-state index contributed by atoms with van der Waals surface area (Å²) in [5.74, 6) is -0.127. The smallest absolute Gasteiger partial charge is 0.328 e. The molecule has 0 aromatic carbocycles. The Morgan fingerprint density at radius 1 is 2.00 bits per heavy atom. The van der Waals surface area contributed by atoms with E-state index in [4.69, 9.17) is 5.11 Å². The Kier molecular flexibility index (Phi) is 1.38. The van der Waals surface area contributed by atoms with Gasteiger partial charge in [0.15, 0.2) is 0 Å².